The molecule has 0 atom stereocenters. The summed E-state index contributed by atoms with van der Waals surface area (Å²) in [6, 6.07) is 10.8. The minimum Gasteiger partial charge on any atom is -0.439 e. The van der Waals surface area contributed by atoms with Gasteiger partial charge in [0, 0.05) is 22.5 Å². The van der Waals surface area contributed by atoms with Gasteiger partial charge in [0.05, 0.1) is 5.56 Å². The van der Waals surface area contributed by atoms with Gasteiger partial charge in [-0.05, 0) is 56.3 Å². The molecule has 0 amide bonds. The molecule has 2 heterocycles. The molecule has 0 fully saturated rings. The largest absolute Gasteiger partial charge is 0.451 e. The SMILES string of the molecule is Cc1nc(C(F)(F)F)nc(Oc2ccc(-c3nnc(Nc4cccc(C(F)(F)F)c4)[nH]3)cc2)c1C. The average Bonchev–Trinajstić information content (AvgIpc) is 3.24. The van der Waals surface area contributed by atoms with Crippen molar-refractivity contribution in [2.75, 3.05) is 5.32 Å². The van der Waals surface area contributed by atoms with E-state index in [2.05, 4.69) is 30.5 Å². The molecule has 2 N–H and O–H groups in total. The van der Waals surface area contributed by atoms with Crippen LogP contribution >= 0.6 is 0 Å². The fourth-order valence-electron chi connectivity index (χ4n) is 2.98. The molecule has 0 aliphatic rings. The predicted octanol–water partition coefficient (Wildman–Crippen LogP) is 6.45. The van der Waals surface area contributed by atoms with Crippen molar-refractivity contribution in [3.63, 3.8) is 0 Å². The Morgan fingerprint density at radius 2 is 1.57 bits per heavy atom. The second kappa shape index (κ2) is 8.89. The van der Waals surface area contributed by atoms with Crippen LogP contribution in [-0.4, -0.2) is 25.1 Å². The summed E-state index contributed by atoms with van der Waals surface area (Å²) in [6.07, 6.45) is -9.20. The molecule has 7 nitrogen and oxygen atoms in total. The van der Waals surface area contributed by atoms with E-state index in [1.165, 1.54) is 31.2 Å². The first kappa shape index (κ1) is 24.0. The third-order valence-electron chi connectivity index (χ3n) is 4.88. The van der Waals surface area contributed by atoms with Gasteiger partial charge in [-0.3, -0.25) is 0 Å². The summed E-state index contributed by atoms with van der Waals surface area (Å²) in [6.45, 7) is 2.98. The summed E-state index contributed by atoms with van der Waals surface area (Å²) >= 11 is 0. The van der Waals surface area contributed by atoms with E-state index in [1.54, 1.807) is 19.1 Å². The van der Waals surface area contributed by atoms with E-state index >= 15 is 0 Å². The highest BCUT2D eigenvalue weighted by molar-refractivity contribution is 5.60. The maximum absolute atomic E-state index is 13.0. The first-order valence-electron chi connectivity index (χ1n) is 9.98. The predicted molar refractivity (Wildman–Crippen MR) is 113 cm³/mol. The fraction of sp³-hybridized carbons (Fsp3) is 0.182. The Balaban J connectivity index is 1.50. The zero-order chi connectivity index (χ0) is 25.4. The minimum absolute atomic E-state index is 0.117. The van der Waals surface area contributed by atoms with Crippen LogP contribution in [0.25, 0.3) is 11.4 Å². The lowest BCUT2D eigenvalue weighted by Crippen LogP contribution is -2.13. The molecule has 0 bridgehead atoms. The molecule has 0 radical (unpaired) electrons. The van der Waals surface area contributed by atoms with Gasteiger partial charge >= 0.3 is 12.4 Å². The number of aryl methyl sites for hydroxylation is 1. The number of anilines is 2. The highest BCUT2D eigenvalue weighted by Gasteiger charge is 2.36. The number of aromatic nitrogens is 5. The molecular formula is C22H16F6N6O. The summed E-state index contributed by atoms with van der Waals surface area (Å²) in [5, 5.41) is 10.5. The highest BCUT2D eigenvalue weighted by atomic mass is 19.4. The summed E-state index contributed by atoms with van der Waals surface area (Å²) in [5.74, 6) is -0.866. The van der Waals surface area contributed by atoms with Gasteiger partial charge in [0.1, 0.15) is 5.75 Å². The number of aromatic amines is 1. The van der Waals surface area contributed by atoms with Crippen LogP contribution in [0.5, 0.6) is 11.6 Å². The lowest BCUT2D eigenvalue weighted by Gasteiger charge is -2.12. The summed E-state index contributed by atoms with van der Waals surface area (Å²) in [5.41, 5.74) is 0.409. The molecule has 0 aliphatic heterocycles. The molecule has 4 rings (SSSR count). The van der Waals surface area contributed by atoms with Gasteiger partial charge in [0.2, 0.25) is 17.7 Å². The Hall–Kier alpha value is -4.16. The molecule has 0 aliphatic carbocycles. The number of alkyl halides is 6. The van der Waals surface area contributed by atoms with E-state index < -0.39 is 23.7 Å². The number of halogens is 6. The molecule has 0 saturated heterocycles. The molecular weight excluding hydrogens is 478 g/mol. The molecule has 13 heteroatoms. The zero-order valence-corrected chi connectivity index (χ0v) is 18.1. The molecule has 182 valence electrons. The third-order valence-corrected chi connectivity index (χ3v) is 4.88. The smallest absolute Gasteiger partial charge is 0.439 e. The fourth-order valence-corrected chi connectivity index (χ4v) is 2.98. The van der Waals surface area contributed by atoms with Gasteiger partial charge in [-0.2, -0.15) is 31.3 Å². The average molecular weight is 494 g/mol. The van der Waals surface area contributed by atoms with Gasteiger partial charge in [-0.25, -0.2) is 4.98 Å². The van der Waals surface area contributed by atoms with Gasteiger partial charge in [-0.1, -0.05) is 6.07 Å². The van der Waals surface area contributed by atoms with Gasteiger partial charge in [0.15, 0.2) is 5.82 Å². The summed E-state index contributed by atoms with van der Waals surface area (Å²) in [7, 11) is 0. The van der Waals surface area contributed by atoms with Crippen LogP contribution in [0.4, 0.5) is 38.0 Å². The van der Waals surface area contributed by atoms with Crippen LogP contribution in [0.15, 0.2) is 48.5 Å². The van der Waals surface area contributed by atoms with Crippen molar-refractivity contribution in [1.82, 2.24) is 25.1 Å². The second-order valence-electron chi connectivity index (χ2n) is 7.41. The molecule has 35 heavy (non-hydrogen) atoms. The first-order chi connectivity index (χ1) is 16.4. The molecule has 2 aromatic carbocycles. The third kappa shape index (κ3) is 5.50. The number of rotatable bonds is 5. The van der Waals surface area contributed by atoms with Crippen molar-refractivity contribution in [2.24, 2.45) is 0 Å². The van der Waals surface area contributed by atoms with Crippen molar-refractivity contribution in [1.29, 1.82) is 0 Å². The van der Waals surface area contributed by atoms with Crippen LogP contribution < -0.4 is 10.1 Å². The topological polar surface area (TPSA) is 88.6 Å². The van der Waals surface area contributed by atoms with E-state index in [4.69, 9.17) is 4.74 Å². The molecule has 2 aromatic heterocycles. The van der Waals surface area contributed by atoms with Crippen molar-refractivity contribution in [3.05, 3.63) is 71.2 Å². The van der Waals surface area contributed by atoms with Crippen molar-refractivity contribution < 1.29 is 31.1 Å². The molecule has 0 saturated carbocycles. The number of hydrogen-bond acceptors (Lipinski definition) is 6. The maximum atomic E-state index is 13.0. The Morgan fingerprint density at radius 3 is 2.23 bits per heavy atom. The van der Waals surface area contributed by atoms with Crippen molar-refractivity contribution >= 4 is 11.6 Å². The quantitative estimate of drug-likeness (QED) is 0.310. The Kier molecular flexibility index (Phi) is 6.09. The second-order valence-corrected chi connectivity index (χ2v) is 7.41. The summed E-state index contributed by atoms with van der Waals surface area (Å²) < 4.78 is 83.2. The lowest BCUT2D eigenvalue weighted by atomic mass is 10.2. The normalized spacial score (nSPS) is 12.0. The van der Waals surface area contributed by atoms with Crippen LogP contribution in [0.2, 0.25) is 0 Å². The van der Waals surface area contributed by atoms with Gasteiger partial charge in [-0.15, -0.1) is 10.2 Å². The Morgan fingerprint density at radius 1 is 0.857 bits per heavy atom. The number of benzene rings is 2. The van der Waals surface area contributed by atoms with Crippen LogP contribution in [-0.2, 0) is 12.4 Å². The van der Waals surface area contributed by atoms with Crippen molar-refractivity contribution in [3.8, 4) is 23.0 Å². The van der Waals surface area contributed by atoms with Crippen molar-refractivity contribution in [2.45, 2.75) is 26.2 Å². The van der Waals surface area contributed by atoms with E-state index in [-0.39, 0.29) is 29.0 Å². The van der Waals surface area contributed by atoms with E-state index in [9.17, 15) is 26.3 Å². The van der Waals surface area contributed by atoms with Crippen LogP contribution in [0, 0.1) is 13.8 Å². The molecule has 0 unspecified atom stereocenters. The first-order valence-corrected chi connectivity index (χ1v) is 9.98. The minimum atomic E-state index is -4.72. The monoisotopic (exact) mass is 494 g/mol. The Bertz CT molecular complexity index is 1350. The molecule has 4 aromatic rings. The Labute approximate surface area is 194 Å². The van der Waals surface area contributed by atoms with Gasteiger partial charge in [0.25, 0.3) is 0 Å². The summed E-state index contributed by atoms with van der Waals surface area (Å²) in [4.78, 5) is 9.78. The van der Waals surface area contributed by atoms with E-state index in [0.29, 0.717) is 17.0 Å². The van der Waals surface area contributed by atoms with E-state index in [0.717, 1.165) is 12.1 Å². The number of nitrogens with zero attached hydrogens (tertiary/aromatic N) is 4. The van der Waals surface area contributed by atoms with Crippen LogP contribution in [0.3, 0.4) is 0 Å². The maximum Gasteiger partial charge on any atom is 0.451 e. The molecule has 0 spiro atoms. The lowest BCUT2D eigenvalue weighted by molar-refractivity contribution is -0.145. The number of ether oxygens (including phenoxy) is 1. The van der Waals surface area contributed by atoms with Gasteiger partial charge < -0.3 is 15.0 Å². The number of hydrogen-bond donors (Lipinski definition) is 2. The highest BCUT2D eigenvalue weighted by Crippen LogP contribution is 2.33. The van der Waals surface area contributed by atoms with Crippen LogP contribution in [0.1, 0.15) is 22.6 Å². The van der Waals surface area contributed by atoms with E-state index in [1.807, 2.05) is 0 Å². The standard InChI is InChI=1S/C22H16F6N6O/c1-11-12(2)29-19(22(26,27)28)32-18(11)35-16-8-6-13(7-9-16)17-31-20(34-33-17)30-15-5-3-4-14(10-15)21(23,24)25/h3-10H,1-2H3,(H2,30,31,33,34). The number of nitrogens with one attached hydrogen (secondary N) is 2. The zero-order valence-electron chi connectivity index (χ0n) is 18.1. The number of H-pyrrole nitrogens is 1.